The van der Waals surface area contributed by atoms with Gasteiger partial charge in [-0.15, -0.1) is 0 Å². The van der Waals surface area contributed by atoms with Crippen LogP contribution in [0.5, 0.6) is 0 Å². The third-order valence-corrected chi connectivity index (χ3v) is 8.95. The van der Waals surface area contributed by atoms with E-state index in [0.717, 1.165) is 0 Å². The van der Waals surface area contributed by atoms with Crippen molar-refractivity contribution >= 4 is 17.0 Å². The first-order valence-electron chi connectivity index (χ1n) is 12.6. The lowest BCUT2D eigenvalue weighted by molar-refractivity contribution is -0.264. The summed E-state index contributed by atoms with van der Waals surface area (Å²) >= 11 is 0. The van der Waals surface area contributed by atoms with Crippen molar-refractivity contribution < 1.29 is 42.2 Å². The third kappa shape index (κ3) is 4.79. The number of rotatable bonds is 4. The molecule has 9 atom stereocenters. The van der Waals surface area contributed by atoms with Gasteiger partial charge in [0.25, 0.3) is 0 Å². The van der Waals surface area contributed by atoms with Crippen molar-refractivity contribution in [3.8, 4) is 0 Å². The number of esters is 1. The van der Waals surface area contributed by atoms with Crippen molar-refractivity contribution in [1.29, 1.82) is 0 Å². The van der Waals surface area contributed by atoms with Crippen LogP contribution in [-0.2, 0) is 48.9 Å². The molecule has 0 aromatic heterocycles. The van der Waals surface area contributed by atoms with Gasteiger partial charge >= 0.3 is 5.97 Å². The van der Waals surface area contributed by atoms with Crippen molar-refractivity contribution in [3.05, 3.63) is 0 Å². The molecule has 0 aromatic carbocycles. The fraction of sp³-hybridized carbons (Fsp3) is 0.960. The lowest BCUT2D eigenvalue weighted by Gasteiger charge is -2.45. The number of cyclic esters (lactones) is 1. The quantitative estimate of drug-likeness (QED) is 0.545. The molecule has 36 heavy (non-hydrogen) atoms. The van der Waals surface area contributed by atoms with E-state index in [1.807, 2.05) is 55.4 Å². The first-order chi connectivity index (χ1) is 16.1. The van der Waals surface area contributed by atoms with E-state index >= 15 is 0 Å². The number of hydrogen-bond donors (Lipinski definition) is 1. The summed E-state index contributed by atoms with van der Waals surface area (Å²) in [6.45, 7) is 21.9. The van der Waals surface area contributed by atoms with Crippen LogP contribution in [0.25, 0.3) is 0 Å². The second-order valence-electron chi connectivity index (χ2n) is 13.4. The minimum Gasteiger partial charge on any atom is -0.431 e. The number of ether oxygens (including phenoxy) is 7. The van der Waals surface area contributed by atoms with Gasteiger partial charge in [-0.1, -0.05) is 20.8 Å². The Labute approximate surface area is 216 Å². The molecular weight excluding hydrogens is 490 g/mol. The van der Waals surface area contributed by atoms with Crippen molar-refractivity contribution in [2.45, 2.75) is 148 Å². The van der Waals surface area contributed by atoms with E-state index in [0.29, 0.717) is 0 Å². The molecule has 208 valence electrons. The summed E-state index contributed by atoms with van der Waals surface area (Å²) in [5, 5.41) is 0. The molecule has 0 amide bonds. The van der Waals surface area contributed by atoms with Crippen LogP contribution in [0.1, 0.15) is 83.1 Å². The van der Waals surface area contributed by atoms with Crippen LogP contribution in [0.2, 0.25) is 0 Å². The van der Waals surface area contributed by atoms with E-state index in [1.165, 1.54) is 0 Å². The summed E-state index contributed by atoms with van der Waals surface area (Å²) in [5.41, 5.74) is -2.09. The van der Waals surface area contributed by atoms with Gasteiger partial charge in [0, 0.05) is 12.3 Å². The average molecular weight is 534 g/mol. The average Bonchev–Trinajstić information content (AvgIpc) is 3.25. The van der Waals surface area contributed by atoms with Gasteiger partial charge in [0.05, 0.1) is 21.8 Å². The van der Waals surface area contributed by atoms with Crippen LogP contribution < -0.4 is 4.72 Å². The molecule has 1 N–H and O–H groups in total. The molecule has 4 saturated heterocycles. The first kappa shape index (κ1) is 28.4. The van der Waals surface area contributed by atoms with E-state index in [-0.39, 0.29) is 0 Å². The highest BCUT2D eigenvalue weighted by Crippen LogP contribution is 2.50. The van der Waals surface area contributed by atoms with E-state index in [9.17, 15) is 9.00 Å². The van der Waals surface area contributed by atoms with Gasteiger partial charge in [-0.3, -0.25) is 0 Å². The zero-order chi connectivity index (χ0) is 27.3. The Morgan fingerprint density at radius 2 is 1.36 bits per heavy atom. The van der Waals surface area contributed by atoms with Gasteiger partial charge in [-0.05, 0) is 55.4 Å². The normalized spacial score (nSPS) is 43.6. The van der Waals surface area contributed by atoms with Crippen molar-refractivity contribution in [3.63, 3.8) is 0 Å². The molecule has 0 aliphatic carbocycles. The highest BCUT2D eigenvalue weighted by atomic mass is 32.2. The number of nitrogens with one attached hydrogen (secondary N) is 1. The Kier molecular flexibility index (Phi) is 6.63. The van der Waals surface area contributed by atoms with Gasteiger partial charge in [-0.2, -0.15) is 0 Å². The van der Waals surface area contributed by atoms with Crippen LogP contribution >= 0.6 is 0 Å². The maximum Gasteiger partial charge on any atom is 0.342 e. The Bertz CT molecular complexity index is 925. The topological polar surface area (TPSA) is 111 Å². The molecule has 4 rings (SSSR count). The summed E-state index contributed by atoms with van der Waals surface area (Å²) in [4.78, 5) is 13.6. The number of carbonyl (C=O) groups is 1. The molecule has 4 aliphatic rings. The summed E-state index contributed by atoms with van der Waals surface area (Å²) in [6.07, 6.45) is -3.38. The summed E-state index contributed by atoms with van der Waals surface area (Å²) < 4.78 is 59.5. The standard InChI is InChI=1S/C25H43NO9S/c1-20(2,3)25(12)34-19(27)24(11,35-25)17(26-36(28)21(4,5)6)15-13-14(31-22(7,8)30-13)16-18(29-15)33-23(9,10)32-16/h13-18,26H,1-12H3/t13-,14+,15+,16-,17-,18-,24-,25-,36+/m1/s1. The highest BCUT2D eigenvalue weighted by Gasteiger charge is 2.68. The minimum atomic E-state index is -1.59. The van der Waals surface area contributed by atoms with Gasteiger partial charge in [0.15, 0.2) is 23.5 Å². The molecule has 0 aromatic rings. The van der Waals surface area contributed by atoms with Gasteiger partial charge < -0.3 is 33.2 Å². The number of hydrogen-bond acceptors (Lipinski definition) is 9. The Balaban J connectivity index is 1.78. The van der Waals surface area contributed by atoms with Crippen LogP contribution in [-0.4, -0.2) is 74.6 Å². The minimum absolute atomic E-state index is 0.531. The highest BCUT2D eigenvalue weighted by molar-refractivity contribution is 7.84. The predicted molar refractivity (Wildman–Crippen MR) is 131 cm³/mol. The summed E-state index contributed by atoms with van der Waals surface area (Å²) in [5.74, 6) is -3.64. The van der Waals surface area contributed by atoms with Crippen molar-refractivity contribution in [2.75, 3.05) is 0 Å². The maximum atomic E-state index is 13.6. The lowest BCUT2D eigenvalue weighted by atomic mass is 9.84. The van der Waals surface area contributed by atoms with E-state index in [4.69, 9.17) is 33.2 Å². The Morgan fingerprint density at radius 1 is 0.833 bits per heavy atom. The monoisotopic (exact) mass is 533 g/mol. The molecular formula is C25H43NO9S. The zero-order valence-electron chi connectivity index (χ0n) is 23.5. The molecule has 0 bridgehead atoms. The Morgan fingerprint density at radius 3 is 1.89 bits per heavy atom. The number of carbonyl (C=O) groups excluding carboxylic acids is 1. The second-order valence-corrected chi connectivity index (χ2v) is 15.4. The van der Waals surface area contributed by atoms with Gasteiger partial charge in [-0.25, -0.2) is 13.7 Å². The predicted octanol–water partition coefficient (Wildman–Crippen LogP) is 2.90. The second kappa shape index (κ2) is 8.42. The molecule has 11 heteroatoms. The summed E-state index contributed by atoms with van der Waals surface area (Å²) in [7, 11) is -1.59. The third-order valence-electron chi connectivity index (χ3n) is 7.36. The van der Waals surface area contributed by atoms with Crippen LogP contribution in [0.15, 0.2) is 0 Å². The van der Waals surface area contributed by atoms with Crippen LogP contribution in [0.4, 0.5) is 0 Å². The van der Waals surface area contributed by atoms with Crippen LogP contribution in [0, 0.1) is 5.41 Å². The van der Waals surface area contributed by atoms with Gasteiger partial charge in [0.2, 0.25) is 5.79 Å². The molecule has 4 fully saturated rings. The SMILES string of the molecule is CC1(C)O[C@@H]2[C@H](O1)[C@H]1OC(C)(C)O[C@H]1O[C@@H]2[C@@H](N[S@@](=O)C(C)(C)C)[C@@]1(C)O[C@](C)(C(C)(C)C)OC1=O. The molecule has 10 nitrogen and oxygen atoms in total. The van der Waals surface area contributed by atoms with Crippen molar-refractivity contribution in [2.24, 2.45) is 5.41 Å². The van der Waals surface area contributed by atoms with E-state index in [1.54, 1.807) is 27.7 Å². The molecule has 4 heterocycles. The largest absolute Gasteiger partial charge is 0.431 e. The van der Waals surface area contributed by atoms with E-state index < -0.39 is 86.8 Å². The molecule has 4 aliphatic heterocycles. The molecule has 0 saturated carbocycles. The number of fused-ring (bicyclic) bond motifs is 3. The van der Waals surface area contributed by atoms with E-state index in [2.05, 4.69) is 4.72 Å². The molecule has 0 radical (unpaired) electrons. The Hall–Kier alpha value is -0.660. The molecule has 0 unspecified atom stereocenters. The fourth-order valence-electron chi connectivity index (χ4n) is 4.94. The van der Waals surface area contributed by atoms with Crippen molar-refractivity contribution in [1.82, 2.24) is 4.72 Å². The lowest BCUT2D eigenvalue weighted by Crippen LogP contribution is -2.69. The molecule has 0 spiro atoms. The van der Waals surface area contributed by atoms with Crippen LogP contribution in [0.3, 0.4) is 0 Å². The first-order valence-corrected chi connectivity index (χ1v) is 13.7. The zero-order valence-corrected chi connectivity index (χ0v) is 24.4. The summed E-state index contributed by atoms with van der Waals surface area (Å²) in [6, 6.07) is -0.938. The smallest absolute Gasteiger partial charge is 0.342 e. The maximum absolute atomic E-state index is 13.6. The fourth-order valence-corrected chi connectivity index (χ4v) is 5.88. The van der Waals surface area contributed by atoms with Gasteiger partial charge in [0.1, 0.15) is 24.4 Å².